The molecule has 0 fully saturated rings. The lowest BCUT2D eigenvalue weighted by molar-refractivity contribution is -0.115. The minimum Gasteiger partial charge on any atom is -0.325 e. The van der Waals surface area contributed by atoms with Gasteiger partial charge in [0.25, 0.3) is 0 Å². The minimum absolute atomic E-state index is 0.207. The van der Waals surface area contributed by atoms with Gasteiger partial charge in [-0.15, -0.1) is 11.8 Å². The number of nitrogens with one attached hydrogen (secondary N) is 1. The molecule has 1 N–H and O–H groups in total. The number of hydrogen-bond acceptors (Lipinski definition) is 2. The van der Waals surface area contributed by atoms with E-state index in [9.17, 15) is 18.0 Å². The van der Waals surface area contributed by atoms with E-state index in [0.29, 0.717) is 5.75 Å². The summed E-state index contributed by atoms with van der Waals surface area (Å²) in [4.78, 5) is 12.0. The Morgan fingerprint density at radius 1 is 1.09 bits per heavy atom. The highest BCUT2D eigenvalue weighted by atomic mass is 32.2. The van der Waals surface area contributed by atoms with Crippen LogP contribution in [0.3, 0.4) is 0 Å². The van der Waals surface area contributed by atoms with Gasteiger partial charge in [0.2, 0.25) is 5.91 Å². The van der Waals surface area contributed by atoms with Crippen LogP contribution in [-0.4, -0.2) is 11.2 Å². The molecule has 22 heavy (non-hydrogen) atoms. The molecule has 1 atom stereocenters. The highest BCUT2D eigenvalue weighted by Gasteiger charge is 2.14. The fraction of sp³-hybridized carbons (Fsp3) is 0.188. The van der Waals surface area contributed by atoms with Crippen LogP contribution in [0.4, 0.5) is 18.9 Å². The maximum absolute atomic E-state index is 13.1. The Labute approximate surface area is 130 Å². The SMILES string of the molecule is CC(SCc1ccc(F)cc1)C(=O)Nc1ccc(F)c(F)c1. The molecule has 2 nitrogen and oxygen atoms in total. The summed E-state index contributed by atoms with van der Waals surface area (Å²) in [5.74, 6) is -2.04. The Balaban J connectivity index is 1.88. The smallest absolute Gasteiger partial charge is 0.237 e. The number of rotatable bonds is 5. The molecule has 0 saturated heterocycles. The zero-order valence-corrected chi connectivity index (χ0v) is 12.6. The molecule has 0 bridgehead atoms. The molecule has 2 aromatic carbocycles. The fourth-order valence-corrected chi connectivity index (χ4v) is 2.54. The second-order valence-electron chi connectivity index (χ2n) is 4.70. The first-order valence-electron chi connectivity index (χ1n) is 6.57. The van der Waals surface area contributed by atoms with E-state index in [-0.39, 0.29) is 17.4 Å². The van der Waals surface area contributed by atoms with Gasteiger partial charge in [0.15, 0.2) is 11.6 Å². The molecule has 0 aliphatic carbocycles. The Morgan fingerprint density at radius 3 is 2.41 bits per heavy atom. The number of carbonyl (C=O) groups is 1. The van der Waals surface area contributed by atoms with Crippen molar-refractivity contribution in [2.75, 3.05) is 5.32 Å². The summed E-state index contributed by atoms with van der Waals surface area (Å²) in [6.07, 6.45) is 0. The van der Waals surface area contributed by atoms with Crippen molar-refractivity contribution < 1.29 is 18.0 Å². The maximum atomic E-state index is 13.1. The average Bonchev–Trinajstić information content (AvgIpc) is 2.50. The molecule has 0 heterocycles. The number of carbonyl (C=O) groups excluding carboxylic acids is 1. The van der Waals surface area contributed by atoms with Crippen molar-refractivity contribution in [3.63, 3.8) is 0 Å². The lowest BCUT2D eigenvalue weighted by atomic mass is 10.2. The van der Waals surface area contributed by atoms with Crippen LogP contribution in [0.1, 0.15) is 12.5 Å². The van der Waals surface area contributed by atoms with Crippen molar-refractivity contribution in [3.8, 4) is 0 Å². The summed E-state index contributed by atoms with van der Waals surface area (Å²) in [7, 11) is 0. The average molecular weight is 325 g/mol. The van der Waals surface area contributed by atoms with E-state index < -0.39 is 16.9 Å². The summed E-state index contributed by atoms with van der Waals surface area (Å²) < 4.78 is 38.7. The van der Waals surface area contributed by atoms with Gasteiger partial charge in [-0.1, -0.05) is 12.1 Å². The zero-order valence-electron chi connectivity index (χ0n) is 11.8. The third kappa shape index (κ3) is 4.53. The van der Waals surface area contributed by atoms with Crippen molar-refractivity contribution in [2.24, 2.45) is 0 Å². The molecule has 0 aromatic heterocycles. The van der Waals surface area contributed by atoms with E-state index in [0.717, 1.165) is 17.7 Å². The van der Waals surface area contributed by atoms with E-state index in [2.05, 4.69) is 5.32 Å². The molecule has 2 aromatic rings. The van der Waals surface area contributed by atoms with Crippen LogP contribution < -0.4 is 5.32 Å². The highest BCUT2D eigenvalue weighted by molar-refractivity contribution is 7.99. The van der Waals surface area contributed by atoms with Gasteiger partial charge in [0.05, 0.1) is 5.25 Å². The van der Waals surface area contributed by atoms with Gasteiger partial charge in [0, 0.05) is 17.5 Å². The standard InChI is InChI=1S/C16H14F3NOS/c1-10(22-9-11-2-4-12(17)5-3-11)16(21)20-13-6-7-14(18)15(19)8-13/h2-8,10H,9H2,1H3,(H,20,21). The summed E-state index contributed by atoms with van der Waals surface area (Å²) in [5.41, 5.74) is 1.11. The molecule has 0 aliphatic heterocycles. The Hall–Kier alpha value is -1.95. The third-order valence-corrected chi connectivity index (χ3v) is 4.18. The number of amides is 1. The van der Waals surface area contributed by atoms with Gasteiger partial charge in [-0.25, -0.2) is 13.2 Å². The Bertz CT molecular complexity index is 661. The molecule has 116 valence electrons. The lowest BCUT2D eigenvalue weighted by Gasteiger charge is -2.12. The monoisotopic (exact) mass is 325 g/mol. The van der Waals surface area contributed by atoms with Crippen LogP contribution in [0.5, 0.6) is 0 Å². The molecule has 0 spiro atoms. The second kappa shape index (κ2) is 7.35. The number of anilines is 1. The first-order valence-corrected chi connectivity index (χ1v) is 7.62. The first-order chi connectivity index (χ1) is 10.5. The zero-order chi connectivity index (χ0) is 16.1. The van der Waals surface area contributed by atoms with Crippen molar-refractivity contribution in [1.82, 2.24) is 0 Å². The Morgan fingerprint density at radius 2 is 1.77 bits per heavy atom. The fourth-order valence-electron chi connectivity index (χ4n) is 1.70. The van der Waals surface area contributed by atoms with Crippen LogP contribution in [0, 0.1) is 17.5 Å². The van der Waals surface area contributed by atoms with Gasteiger partial charge in [0.1, 0.15) is 5.82 Å². The third-order valence-electron chi connectivity index (χ3n) is 2.97. The summed E-state index contributed by atoms with van der Waals surface area (Å²) in [6, 6.07) is 9.23. The molecule has 2 rings (SSSR count). The van der Waals surface area contributed by atoms with E-state index >= 15 is 0 Å². The molecule has 0 aliphatic rings. The topological polar surface area (TPSA) is 29.1 Å². The summed E-state index contributed by atoms with van der Waals surface area (Å²) in [6.45, 7) is 1.71. The molecular weight excluding hydrogens is 311 g/mol. The number of halogens is 3. The largest absolute Gasteiger partial charge is 0.325 e. The van der Waals surface area contributed by atoms with Crippen LogP contribution in [0.2, 0.25) is 0 Å². The molecule has 0 radical (unpaired) electrons. The molecule has 6 heteroatoms. The highest BCUT2D eigenvalue weighted by Crippen LogP contribution is 2.20. The number of hydrogen-bond donors (Lipinski definition) is 1. The normalized spacial score (nSPS) is 12.0. The van der Waals surface area contributed by atoms with Gasteiger partial charge in [-0.05, 0) is 36.8 Å². The van der Waals surface area contributed by atoms with Crippen molar-refractivity contribution in [2.45, 2.75) is 17.9 Å². The van der Waals surface area contributed by atoms with Crippen LogP contribution in [-0.2, 0) is 10.5 Å². The molecule has 0 saturated carbocycles. The van der Waals surface area contributed by atoms with Gasteiger partial charge < -0.3 is 5.32 Å². The van der Waals surface area contributed by atoms with E-state index in [4.69, 9.17) is 0 Å². The maximum Gasteiger partial charge on any atom is 0.237 e. The minimum atomic E-state index is -1.01. The van der Waals surface area contributed by atoms with Gasteiger partial charge >= 0.3 is 0 Å². The number of thioether (sulfide) groups is 1. The van der Waals surface area contributed by atoms with Crippen LogP contribution in [0.15, 0.2) is 42.5 Å². The summed E-state index contributed by atoms with van der Waals surface area (Å²) in [5, 5.41) is 2.14. The van der Waals surface area contributed by atoms with Crippen LogP contribution >= 0.6 is 11.8 Å². The van der Waals surface area contributed by atoms with Crippen molar-refractivity contribution in [1.29, 1.82) is 0 Å². The van der Waals surface area contributed by atoms with E-state index in [1.54, 1.807) is 19.1 Å². The predicted octanol–water partition coefficient (Wildman–Crippen LogP) is 4.36. The predicted molar refractivity (Wildman–Crippen MR) is 82.1 cm³/mol. The first kappa shape index (κ1) is 16.4. The molecule has 1 unspecified atom stereocenters. The van der Waals surface area contributed by atoms with Crippen molar-refractivity contribution >= 4 is 23.4 Å². The van der Waals surface area contributed by atoms with E-state index in [1.165, 1.54) is 30.0 Å². The molecular formula is C16H14F3NOS. The quantitative estimate of drug-likeness (QED) is 0.885. The van der Waals surface area contributed by atoms with Gasteiger partial charge in [-0.3, -0.25) is 4.79 Å². The molecule has 1 amide bonds. The van der Waals surface area contributed by atoms with Gasteiger partial charge in [-0.2, -0.15) is 0 Å². The lowest BCUT2D eigenvalue weighted by Crippen LogP contribution is -2.22. The second-order valence-corrected chi connectivity index (χ2v) is 6.03. The van der Waals surface area contributed by atoms with Crippen LogP contribution in [0.25, 0.3) is 0 Å². The Kier molecular flexibility index (Phi) is 5.49. The number of benzene rings is 2. The van der Waals surface area contributed by atoms with E-state index in [1.807, 2.05) is 0 Å². The summed E-state index contributed by atoms with van der Waals surface area (Å²) >= 11 is 1.37. The van der Waals surface area contributed by atoms with Crippen molar-refractivity contribution in [3.05, 3.63) is 65.5 Å².